The molecule has 1 aromatic rings. The maximum Gasteiger partial charge on any atom is 0.234 e. The molecule has 1 aromatic carbocycles. The Hall–Kier alpha value is -1.17. The lowest BCUT2D eigenvalue weighted by Crippen LogP contribution is -2.37. The average Bonchev–Trinajstić information content (AvgIpc) is 3.18. The number of nitrogens with one attached hydrogen (secondary N) is 2. The highest BCUT2D eigenvalue weighted by atomic mass is 35.5. The van der Waals surface area contributed by atoms with E-state index in [4.69, 9.17) is 0 Å². The summed E-state index contributed by atoms with van der Waals surface area (Å²) in [5.74, 6) is -0.646. The van der Waals surface area contributed by atoms with Crippen LogP contribution in [-0.2, 0) is 4.79 Å². The van der Waals surface area contributed by atoms with Gasteiger partial charge in [0, 0.05) is 18.2 Å². The third-order valence-corrected chi connectivity index (χ3v) is 2.89. The average molecular weight is 289 g/mol. The molecule has 19 heavy (non-hydrogen) atoms. The lowest BCUT2D eigenvalue weighted by Gasteiger charge is -2.13. The molecule has 1 amide bonds. The first kappa shape index (κ1) is 15.9. The summed E-state index contributed by atoms with van der Waals surface area (Å²) in [4.78, 5) is 11.4. The van der Waals surface area contributed by atoms with E-state index in [1.165, 1.54) is 12.1 Å². The van der Waals surface area contributed by atoms with Crippen LogP contribution in [0.1, 0.15) is 24.5 Å². The number of aliphatic hydroxyl groups excluding tert-OH is 1. The molecular weight excluding hydrogens is 271 g/mol. The van der Waals surface area contributed by atoms with Crippen LogP contribution in [0.15, 0.2) is 24.3 Å². The molecule has 1 atom stereocenters. The zero-order valence-electron chi connectivity index (χ0n) is 10.4. The van der Waals surface area contributed by atoms with Gasteiger partial charge in [-0.15, -0.1) is 12.4 Å². The molecule has 0 radical (unpaired) electrons. The molecule has 4 nitrogen and oxygen atoms in total. The molecule has 0 bridgehead atoms. The van der Waals surface area contributed by atoms with Crippen molar-refractivity contribution in [3.05, 3.63) is 35.6 Å². The van der Waals surface area contributed by atoms with Gasteiger partial charge in [0.05, 0.1) is 12.6 Å². The maximum absolute atomic E-state index is 13.3. The Morgan fingerprint density at radius 2 is 2.11 bits per heavy atom. The first-order valence-electron chi connectivity index (χ1n) is 6.09. The van der Waals surface area contributed by atoms with E-state index in [1.807, 2.05) is 0 Å². The number of carbonyl (C=O) groups is 1. The fourth-order valence-electron chi connectivity index (χ4n) is 1.65. The van der Waals surface area contributed by atoms with Crippen LogP contribution in [0.25, 0.3) is 0 Å². The van der Waals surface area contributed by atoms with Crippen molar-refractivity contribution in [1.82, 2.24) is 10.6 Å². The van der Waals surface area contributed by atoms with Gasteiger partial charge in [-0.25, -0.2) is 4.39 Å². The van der Waals surface area contributed by atoms with Gasteiger partial charge in [0.2, 0.25) is 5.91 Å². The third-order valence-electron chi connectivity index (χ3n) is 2.89. The summed E-state index contributed by atoms with van der Waals surface area (Å²) < 4.78 is 13.3. The van der Waals surface area contributed by atoms with E-state index in [9.17, 15) is 14.3 Å². The third kappa shape index (κ3) is 5.14. The zero-order valence-corrected chi connectivity index (χ0v) is 11.3. The number of amides is 1. The van der Waals surface area contributed by atoms with Crippen LogP contribution < -0.4 is 10.6 Å². The van der Waals surface area contributed by atoms with Crippen molar-refractivity contribution in [1.29, 1.82) is 0 Å². The van der Waals surface area contributed by atoms with Crippen LogP contribution in [0.2, 0.25) is 0 Å². The van der Waals surface area contributed by atoms with Crippen molar-refractivity contribution in [2.75, 3.05) is 13.1 Å². The van der Waals surface area contributed by atoms with E-state index in [1.54, 1.807) is 12.1 Å². The van der Waals surface area contributed by atoms with Crippen LogP contribution >= 0.6 is 12.4 Å². The second kappa shape index (κ2) is 7.43. The number of carbonyl (C=O) groups excluding carboxylic acids is 1. The number of aliphatic hydroxyl groups is 1. The summed E-state index contributed by atoms with van der Waals surface area (Å²) in [7, 11) is 0. The fourth-order valence-corrected chi connectivity index (χ4v) is 1.65. The number of halogens is 2. The van der Waals surface area contributed by atoms with Gasteiger partial charge in [0.1, 0.15) is 5.82 Å². The van der Waals surface area contributed by atoms with Crippen LogP contribution in [0.5, 0.6) is 0 Å². The van der Waals surface area contributed by atoms with Crippen LogP contribution in [0.3, 0.4) is 0 Å². The van der Waals surface area contributed by atoms with Crippen LogP contribution in [0, 0.1) is 5.82 Å². The Morgan fingerprint density at radius 3 is 2.74 bits per heavy atom. The second-order valence-electron chi connectivity index (χ2n) is 4.50. The normalized spacial score (nSPS) is 15.5. The minimum Gasteiger partial charge on any atom is -0.386 e. The molecule has 6 heteroatoms. The Balaban J connectivity index is 0.00000180. The van der Waals surface area contributed by atoms with Gasteiger partial charge in [0.15, 0.2) is 0 Å². The summed E-state index contributed by atoms with van der Waals surface area (Å²) in [6.07, 6.45) is 1.21. The molecule has 1 saturated carbocycles. The summed E-state index contributed by atoms with van der Waals surface area (Å²) in [5.41, 5.74) is 0.202. The molecule has 1 unspecified atom stereocenters. The number of rotatable bonds is 6. The Morgan fingerprint density at radius 1 is 1.42 bits per heavy atom. The van der Waals surface area contributed by atoms with Crippen molar-refractivity contribution in [3.63, 3.8) is 0 Å². The van der Waals surface area contributed by atoms with Gasteiger partial charge in [-0.3, -0.25) is 4.79 Å². The monoisotopic (exact) mass is 288 g/mol. The van der Waals surface area contributed by atoms with Crippen molar-refractivity contribution >= 4 is 18.3 Å². The van der Waals surface area contributed by atoms with Crippen molar-refractivity contribution in [2.24, 2.45) is 0 Å². The van der Waals surface area contributed by atoms with E-state index < -0.39 is 11.9 Å². The van der Waals surface area contributed by atoms with Gasteiger partial charge >= 0.3 is 0 Å². The van der Waals surface area contributed by atoms with E-state index >= 15 is 0 Å². The van der Waals surface area contributed by atoms with Gasteiger partial charge < -0.3 is 15.7 Å². The first-order valence-corrected chi connectivity index (χ1v) is 6.09. The summed E-state index contributed by atoms with van der Waals surface area (Å²) in [6.45, 7) is 0.265. The van der Waals surface area contributed by atoms with Gasteiger partial charge in [-0.05, 0) is 18.9 Å². The topological polar surface area (TPSA) is 61.4 Å². The highest BCUT2D eigenvalue weighted by Gasteiger charge is 2.21. The molecule has 3 N–H and O–H groups in total. The van der Waals surface area contributed by atoms with Gasteiger partial charge in [0.25, 0.3) is 0 Å². The SMILES string of the molecule is Cl.O=C(CNC1CC1)NCC(O)c1ccccc1F. The minimum absolute atomic E-state index is 0. The molecule has 1 aliphatic carbocycles. The van der Waals surface area contributed by atoms with E-state index in [0.29, 0.717) is 6.04 Å². The number of benzene rings is 1. The lowest BCUT2D eigenvalue weighted by molar-refractivity contribution is -0.120. The largest absolute Gasteiger partial charge is 0.386 e. The van der Waals surface area contributed by atoms with E-state index in [2.05, 4.69) is 10.6 Å². The van der Waals surface area contributed by atoms with Crippen LogP contribution in [-0.4, -0.2) is 30.1 Å². The molecule has 0 heterocycles. The van der Waals surface area contributed by atoms with Crippen molar-refractivity contribution < 1.29 is 14.3 Å². The quantitative estimate of drug-likeness (QED) is 0.736. The molecule has 0 spiro atoms. The molecular formula is C13H18ClFN2O2. The Kier molecular flexibility index (Phi) is 6.21. The van der Waals surface area contributed by atoms with E-state index in [-0.39, 0.29) is 37.0 Å². The number of hydrogen-bond acceptors (Lipinski definition) is 3. The molecule has 2 rings (SSSR count). The molecule has 0 aromatic heterocycles. The molecule has 1 fully saturated rings. The fraction of sp³-hybridized carbons (Fsp3) is 0.462. The highest BCUT2D eigenvalue weighted by Crippen LogP contribution is 2.18. The molecule has 1 aliphatic rings. The maximum atomic E-state index is 13.3. The van der Waals surface area contributed by atoms with Gasteiger partial charge in [-0.2, -0.15) is 0 Å². The lowest BCUT2D eigenvalue weighted by atomic mass is 10.1. The Bertz CT molecular complexity index is 427. The second-order valence-corrected chi connectivity index (χ2v) is 4.50. The Labute approximate surface area is 117 Å². The molecule has 0 saturated heterocycles. The van der Waals surface area contributed by atoms with Gasteiger partial charge in [-0.1, -0.05) is 18.2 Å². The molecule has 106 valence electrons. The number of hydrogen-bond donors (Lipinski definition) is 3. The smallest absolute Gasteiger partial charge is 0.234 e. The predicted molar refractivity (Wildman–Crippen MR) is 72.6 cm³/mol. The highest BCUT2D eigenvalue weighted by molar-refractivity contribution is 5.85. The zero-order chi connectivity index (χ0) is 13.0. The predicted octanol–water partition coefficient (Wildman–Crippen LogP) is 1.15. The standard InChI is InChI=1S/C13H17FN2O2.ClH/c14-11-4-2-1-3-10(11)12(17)7-16-13(18)8-15-9-5-6-9;/h1-4,9,12,15,17H,5-8H2,(H,16,18);1H. The molecule has 0 aliphatic heterocycles. The summed E-state index contributed by atoms with van der Waals surface area (Å²) >= 11 is 0. The summed E-state index contributed by atoms with van der Waals surface area (Å²) in [6, 6.07) is 6.47. The summed E-state index contributed by atoms with van der Waals surface area (Å²) in [5, 5.41) is 15.4. The first-order chi connectivity index (χ1) is 8.66. The van der Waals surface area contributed by atoms with Crippen molar-refractivity contribution in [2.45, 2.75) is 25.0 Å². The van der Waals surface area contributed by atoms with E-state index in [0.717, 1.165) is 12.8 Å². The minimum atomic E-state index is -1.02. The van der Waals surface area contributed by atoms with Crippen molar-refractivity contribution in [3.8, 4) is 0 Å². The van der Waals surface area contributed by atoms with Crippen LogP contribution in [0.4, 0.5) is 4.39 Å².